The van der Waals surface area contributed by atoms with Gasteiger partial charge in [0.1, 0.15) is 0 Å². The predicted molar refractivity (Wildman–Crippen MR) is 59.9 cm³/mol. The normalized spacial score (nSPS) is 45.6. The van der Waals surface area contributed by atoms with Gasteiger partial charge in [0.15, 0.2) is 0 Å². The fourth-order valence-electron chi connectivity index (χ4n) is 3.69. The van der Waals surface area contributed by atoms with Crippen molar-refractivity contribution in [2.45, 2.75) is 39.5 Å². The maximum absolute atomic E-state index is 2.63. The van der Waals surface area contributed by atoms with Crippen LogP contribution in [0, 0.1) is 23.7 Å². The molecule has 3 aliphatic carbocycles. The van der Waals surface area contributed by atoms with Gasteiger partial charge in [0, 0.05) is 0 Å². The maximum atomic E-state index is 2.63. The third-order valence-electron chi connectivity index (χ3n) is 4.76. The second kappa shape index (κ2) is 2.98. The molecule has 0 nitrogen and oxygen atoms in total. The Kier molecular flexibility index (Phi) is 1.87. The highest BCUT2D eigenvalue weighted by Gasteiger charge is 2.38. The monoisotopic (exact) mass is 188 g/mol. The fraction of sp³-hybridized carbons (Fsp3) is 0.714. The average molecular weight is 188 g/mol. The molecule has 0 spiro atoms. The van der Waals surface area contributed by atoms with Gasteiger partial charge < -0.3 is 0 Å². The molecule has 0 heteroatoms. The van der Waals surface area contributed by atoms with Crippen molar-refractivity contribution in [1.29, 1.82) is 0 Å². The Bertz CT molecular complexity index is 308. The van der Waals surface area contributed by atoms with Gasteiger partial charge in [-0.1, -0.05) is 26.0 Å². The van der Waals surface area contributed by atoms with Crippen molar-refractivity contribution < 1.29 is 0 Å². The van der Waals surface area contributed by atoms with Gasteiger partial charge >= 0.3 is 0 Å². The van der Waals surface area contributed by atoms with E-state index >= 15 is 0 Å². The third kappa shape index (κ3) is 1.12. The van der Waals surface area contributed by atoms with Crippen LogP contribution < -0.4 is 0 Å². The molecule has 0 aliphatic heterocycles. The zero-order valence-electron chi connectivity index (χ0n) is 9.29. The first-order valence-electron chi connectivity index (χ1n) is 6.17. The van der Waals surface area contributed by atoms with Crippen LogP contribution in [0.5, 0.6) is 0 Å². The van der Waals surface area contributed by atoms with Crippen molar-refractivity contribution in [3.63, 3.8) is 0 Å². The quantitative estimate of drug-likeness (QED) is 0.540. The van der Waals surface area contributed by atoms with E-state index in [0.717, 1.165) is 23.7 Å². The fourth-order valence-corrected chi connectivity index (χ4v) is 3.69. The highest BCUT2D eigenvalue weighted by Crippen LogP contribution is 2.49. The Morgan fingerprint density at radius 3 is 2.57 bits per heavy atom. The van der Waals surface area contributed by atoms with Crippen LogP contribution in [0.2, 0.25) is 0 Å². The van der Waals surface area contributed by atoms with Crippen LogP contribution in [0.4, 0.5) is 0 Å². The molecule has 14 heavy (non-hydrogen) atoms. The summed E-state index contributed by atoms with van der Waals surface area (Å²) in [6, 6.07) is 0. The summed E-state index contributed by atoms with van der Waals surface area (Å²) < 4.78 is 0. The molecule has 4 atom stereocenters. The maximum Gasteiger partial charge on any atom is -0.0136 e. The Hall–Kier alpha value is -0.520. The molecule has 0 aromatic heterocycles. The first kappa shape index (κ1) is 8.76. The molecule has 0 amide bonds. The van der Waals surface area contributed by atoms with E-state index in [1.165, 1.54) is 25.7 Å². The molecular formula is C14H20. The van der Waals surface area contributed by atoms with Gasteiger partial charge in [-0.3, -0.25) is 0 Å². The molecule has 0 aromatic carbocycles. The highest BCUT2D eigenvalue weighted by molar-refractivity contribution is 5.40. The molecule has 2 fully saturated rings. The minimum atomic E-state index is 0.877. The second-order valence-corrected chi connectivity index (χ2v) is 5.55. The number of hydrogen-bond donors (Lipinski definition) is 0. The van der Waals surface area contributed by atoms with Crippen LogP contribution >= 0.6 is 0 Å². The lowest BCUT2D eigenvalue weighted by molar-refractivity contribution is 0.393. The van der Waals surface area contributed by atoms with Crippen LogP contribution in [0.15, 0.2) is 23.3 Å². The van der Waals surface area contributed by atoms with Crippen molar-refractivity contribution in [3.8, 4) is 0 Å². The molecule has 2 saturated carbocycles. The summed E-state index contributed by atoms with van der Waals surface area (Å²) in [4.78, 5) is 0. The highest BCUT2D eigenvalue weighted by atomic mass is 14.4. The predicted octanol–water partition coefficient (Wildman–Crippen LogP) is 3.95. The average Bonchev–Trinajstić information content (AvgIpc) is 2.70. The van der Waals surface area contributed by atoms with E-state index in [-0.39, 0.29) is 0 Å². The van der Waals surface area contributed by atoms with Crippen molar-refractivity contribution in [3.05, 3.63) is 23.3 Å². The van der Waals surface area contributed by atoms with Crippen molar-refractivity contribution >= 4 is 0 Å². The summed E-state index contributed by atoms with van der Waals surface area (Å²) in [5.74, 6) is 3.60. The lowest BCUT2D eigenvalue weighted by atomic mass is 9.82. The Morgan fingerprint density at radius 1 is 1.07 bits per heavy atom. The van der Waals surface area contributed by atoms with E-state index in [9.17, 15) is 0 Å². The van der Waals surface area contributed by atoms with Crippen LogP contribution in [0.25, 0.3) is 0 Å². The molecule has 76 valence electrons. The number of allylic oxidation sites excluding steroid dienone is 4. The molecule has 0 N–H and O–H groups in total. The third-order valence-corrected chi connectivity index (χ3v) is 4.76. The largest absolute Gasteiger partial charge is 0.0773 e. The van der Waals surface area contributed by atoms with Crippen molar-refractivity contribution in [2.24, 2.45) is 23.7 Å². The summed E-state index contributed by atoms with van der Waals surface area (Å²) in [7, 11) is 0. The Balaban J connectivity index is 1.94. The van der Waals surface area contributed by atoms with Crippen LogP contribution in [-0.4, -0.2) is 0 Å². The van der Waals surface area contributed by atoms with E-state index in [1.807, 2.05) is 0 Å². The zero-order chi connectivity index (χ0) is 9.71. The van der Waals surface area contributed by atoms with Gasteiger partial charge in [-0.2, -0.15) is 0 Å². The topological polar surface area (TPSA) is 0 Å². The zero-order valence-corrected chi connectivity index (χ0v) is 9.29. The van der Waals surface area contributed by atoms with Gasteiger partial charge in [0.05, 0.1) is 0 Å². The first-order chi connectivity index (χ1) is 6.75. The Morgan fingerprint density at radius 2 is 1.79 bits per heavy atom. The van der Waals surface area contributed by atoms with Gasteiger partial charge in [-0.15, -0.1) is 0 Å². The molecule has 0 saturated heterocycles. The minimum Gasteiger partial charge on any atom is -0.0773 e. The Labute approximate surface area is 87.1 Å². The van der Waals surface area contributed by atoms with E-state index < -0.39 is 0 Å². The number of rotatable bonds is 0. The molecule has 3 aliphatic rings. The van der Waals surface area contributed by atoms with Crippen molar-refractivity contribution in [2.75, 3.05) is 0 Å². The van der Waals surface area contributed by atoms with E-state index in [0.29, 0.717) is 0 Å². The molecule has 0 aromatic rings. The SMILES string of the molecule is CC1CC2C=C3CCCC3=CC2C1C. The summed E-state index contributed by atoms with van der Waals surface area (Å²) >= 11 is 0. The molecule has 0 heterocycles. The standard InChI is InChI=1S/C14H20/c1-9-6-13-7-11-4-3-5-12(11)8-14(13)10(9)2/h7-10,13-14H,3-6H2,1-2H3. The lowest BCUT2D eigenvalue weighted by Gasteiger charge is -2.23. The molecular weight excluding hydrogens is 168 g/mol. The summed E-state index contributed by atoms with van der Waals surface area (Å²) in [6.45, 7) is 4.87. The first-order valence-corrected chi connectivity index (χ1v) is 6.17. The van der Waals surface area contributed by atoms with Gasteiger partial charge in [0.25, 0.3) is 0 Å². The van der Waals surface area contributed by atoms with E-state index in [1.54, 1.807) is 11.1 Å². The van der Waals surface area contributed by atoms with Gasteiger partial charge in [-0.25, -0.2) is 0 Å². The second-order valence-electron chi connectivity index (χ2n) is 5.55. The number of fused-ring (bicyclic) bond motifs is 2. The molecule has 0 bridgehead atoms. The molecule has 3 rings (SSSR count). The van der Waals surface area contributed by atoms with Gasteiger partial charge in [-0.05, 0) is 60.5 Å². The van der Waals surface area contributed by atoms with Crippen LogP contribution in [0.3, 0.4) is 0 Å². The molecule has 0 radical (unpaired) electrons. The van der Waals surface area contributed by atoms with Crippen LogP contribution in [0.1, 0.15) is 39.5 Å². The molecule has 4 unspecified atom stereocenters. The number of hydrogen-bond acceptors (Lipinski definition) is 0. The summed E-state index contributed by atoms with van der Waals surface area (Å²) in [5, 5.41) is 0. The minimum absolute atomic E-state index is 0.877. The smallest absolute Gasteiger partial charge is 0.0136 e. The van der Waals surface area contributed by atoms with Crippen molar-refractivity contribution in [1.82, 2.24) is 0 Å². The van der Waals surface area contributed by atoms with Crippen LogP contribution in [-0.2, 0) is 0 Å². The summed E-state index contributed by atoms with van der Waals surface area (Å²) in [5.41, 5.74) is 3.40. The lowest BCUT2D eigenvalue weighted by Crippen LogP contribution is -2.14. The van der Waals surface area contributed by atoms with E-state index in [4.69, 9.17) is 0 Å². The van der Waals surface area contributed by atoms with E-state index in [2.05, 4.69) is 26.0 Å². The summed E-state index contributed by atoms with van der Waals surface area (Å²) in [6.07, 6.45) is 10.8. The van der Waals surface area contributed by atoms with Gasteiger partial charge in [0.2, 0.25) is 0 Å².